The van der Waals surface area contributed by atoms with E-state index in [1.165, 1.54) is 44.3 Å². The van der Waals surface area contributed by atoms with Gasteiger partial charge >= 0.3 is 0 Å². The zero-order valence-electron chi connectivity index (χ0n) is 11.4. The second kappa shape index (κ2) is 6.86. The van der Waals surface area contributed by atoms with Crippen molar-refractivity contribution in [3.8, 4) is 0 Å². The van der Waals surface area contributed by atoms with Gasteiger partial charge in [0.2, 0.25) is 0 Å². The van der Waals surface area contributed by atoms with Crippen molar-refractivity contribution in [2.45, 2.75) is 51.1 Å². The molecule has 0 amide bonds. The summed E-state index contributed by atoms with van der Waals surface area (Å²) in [6, 6.07) is 4.80. The maximum absolute atomic E-state index is 6.37. The first-order valence-electron chi connectivity index (χ1n) is 7.22. The second-order valence-electron chi connectivity index (χ2n) is 5.25. The summed E-state index contributed by atoms with van der Waals surface area (Å²) < 4.78 is 0. The molecule has 0 aromatic carbocycles. The van der Waals surface area contributed by atoms with E-state index in [4.69, 9.17) is 5.73 Å². The third-order valence-electron chi connectivity index (χ3n) is 3.96. The first kappa shape index (κ1) is 13.5. The van der Waals surface area contributed by atoms with Crippen LogP contribution in [0.2, 0.25) is 0 Å². The van der Waals surface area contributed by atoms with Gasteiger partial charge in [0.25, 0.3) is 0 Å². The summed E-state index contributed by atoms with van der Waals surface area (Å²) in [4.78, 5) is 6.70. The van der Waals surface area contributed by atoms with Gasteiger partial charge in [-0.2, -0.15) is 0 Å². The molecule has 3 nitrogen and oxygen atoms in total. The summed E-state index contributed by atoms with van der Waals surface area (Å²) >= 11 is 0. The lowest BCUT2D eigenvalue weighted by Gasteiger charge is -2.34. The van der Waals surface area contributed by atoms with Crippen molar-refractivity contribution in [2.24, 2.45) is 5.73 Å². The predicted molar refractivity (Wildman–Crippen MR) is 75.3 cm³/mol. The molecule has 2 unspecified atom stereocenters. The number of hydrogen-bond donors (Lipinski definition) is 1. The molecule has 0 spiro atoms. The molecule has 1 aliphatic rings. The molecule has 2 N–H and O–H groups in total. The van der Waals surface area contributed by atoms with Gasteiger partial charge in [0.15, 0.2) is 0 Å². The van der Waals surface area contributed by atoms with E-state index in [2.05, 4.69) is 28.9 Å². The molecule has 2 rings (SSSR count). The van der Waals surface area contributed by atoms with Crippen molar-refractivity contribution >= 4 is 0 Å². The molecular formula is C15H25N3. The highest BCUT2D eigenvalue weighted by molar-refractivity contribution is 5.17. The normalized spacial score (nSPS) is 21.2. The molecule has 1 aromatic heterocycles. The first-order chi connectivity index (χ1) is 8.83. The Morgan fingerprint density at radius 3 is 2.33 bits per heavy atom. The number of likely N-dealkylation sites (tertiary alicyclic amines) is 1. The smallest absolute Gasteiger partial charge is 0.0500 e. The van der Waals surface area contributed by atoms with Gasteiger partial charge in [-0.15, -0.1) is 0 Å². The molecule has 1 fully saturated rings. The maximum Gasteiger partial charge on any atom is 0.0500 e. The molecule has 0 aliphatic carbocycles. The van der Waals surface area contributed by atoms with Crippen LogP contribution in [-0.2, 0) is 0 Å². The topological polar surface area (TPSA) is 42.1 Å². The SMILES string of the molecule is CCC(N)C(c1ccncc1)N1CCCCCC1. The van der Waals surface area contributed by atoms with Crippen LogP contribution in [0.25, 0.3) is 0 Å². The number of aromatic nitrogens is 1. The van der Waals surface area contributed by atoms with E-state index in [0.29, 0.717) is 6.04 Å². The summed E-state index contributed by atoms with van der Waals surface area (Å²) in [6.45, 7) is 4.54. The van der Waals surface area contributed by atoms with E-state index in [9.17, 15) is 0 Å². The fourth-order valence-corrected chi connectivity index (χ4v) is 2.89. The van der Waals surface area contributed by atoms with Crippen LogP contribution in [0.4, 0.5) is 0 Å². The largest absolute Gasteiger partial charge is 0.326 e. The minimum Gasteiger partial charge on any atom is -0.326 e. The summed E-state index contributed by atoms with van der Waals surface area (Å²) in [5.74, 6) is 0. The Morgan fingerprint density at radius 1 is 1.17 bits per heavy atom. The highest BCUT2D eigenvalue weighted by Crippen LogP contribution is 2.27. The second-order valence-corrected chi connectivity index (χ2v) is 5.25. The van der Waals surface area contributed by atoms with Gasteiger partial charge in [-0.1, -0.05) is 19.8 Å². The zero-order chi connectivity index (χ0) is 12.8. The number of hydrogen-bond acceptors (Lipinski definition) is 3. The molecule has 2 heterocycles. The zero-order valence-corrected chi connectivity index (χ0v) is 11.4. The van der Waals surface area contributed by atoms with Crippen molar-refractivity contribution < 1.29 is 0 Å². The van der Waals surface area contributed by atoms with E-state index in [1.54, 1.807) is 0 Å². The Balaban J connectivity index is 2.18. The van der Waals surface area contributed by atoms with Crippen molar-refractivity contribution in [1.29, 1.82) is 0 Å². The van der Waals surface area contributed by atoms with E-state index in [-0.39, 0.29) is 6.04 Å². The first-order valence-corrected chi connectivity index (χ1v) is 7.22. The van der Waals surface area contributed by atoms with Crippen molar-refractivity contribution in [2.75, 3.05) is 13.1 Å². The maximum atomic E-state index is 6.37. The predicted octanol–water partition coefficient (Wildman–Crippen LogP) is 2.74. The molecule has 1 aliphatic heterocycles. The summed E-state index contributed by atoms with van der Waals surface area (Å²) in [7, 11) is 0. The molecule has 1 aromatic rings. The summed E-state index contributed by atoms with van der Waals surface area (Å²) in [6.07, 6.45) is 10.1. The third-order valence-corrected chi connectivity index (χ3v) is 3.96. The highest BCUT2D eigenvalue weighted by Gasteiger charge is 2.25. The Morgan fingerprint density at radius 2 is 1.78 bits per heavy atom. The van der Waals surface area contributed by atoms with Gasteiger partial charge in [-0.25, -0.2) is 0 Å². The van der Waals surface area contributed by atoms with Gasteiger partial charge in [-0.05, 0) is 50.0 Å². The van der Waals surface area contributed by atoms with Gasteiger partial charge in [-0.3, -0.25) is 9.88 Å². The monoisotopic (exact) mass is 247 g/mol. The molecule has 3 heteroatoms. The number of nitrogens with two attached hydrogens (primary N) is 1. The van der Waals surface area contributed by atoms with Crippen LogP contribution >= 0.6 is 0 Å². The lowest BCUT2D eigenvalue weighted by molar-refractivity contribution is 0.175. The molecule has 1 saturated heterocycles. The highest BCUT2D eigenvalue weighted by atomic mass is 15.2. The molecule has 0 bridgehead atoms. The lowest BCUT2D eigenvalue weighted by atomic mass is 9.97. The number of rotatable bonds is 4. The number of pyridine rings is 1. The lowest BCUT2D eigenvalue weighted by Crippen LogP contribution is -2.41. The number of nitrogens with zero attached hydrogens (tertiary/aromatic N) is 2. The average Bonchev–Trinajstić information content (AvgIpc) is 2.69. The average molecular weight is 247 g/mol. The van der Waals surface area contributed by atoms with Crippen molar-refractivity contribution in [3.05, 3.63) is 30.1 Å². The van der Waals surface area contributed by atoms with Crippen LogP contribution in [0.15, 0.2) is 24.5 Å². The van der Waals surface area contributed by atoms with Crippen LogP contribution in [0, 0.1) is 0 Å². The Kier molecular flexibility index (Phi) is 5.14. The Labute approximate surface area is 110 Å². The molecular weight excluding hydrogens is 222 g/mol. The standard InChI is InChI=1S/C15H25N3/c1-2-14(16)15(13-7-9-17-10-8-13)18-11-5-3-4-6-12-18/h7-10,14-15H,2-6,11-12,16H2,1H3. The van der Waals surface area contributed by atoms with Crippen LogP contribution in [0.5, 0.6) is 0 Å². The van der Waals surface area contributed by atoms with E-state index in [1.807, 2.05) is 12.4 Å². The molecule has 100 valence electrons. The van der Waals surface area contributed by atoms with Crippen LogP contribution < -0.4 is 5.73 Å². The molecule has 18 heavy (non-hydrogen) atoms. The van der Waals surface area contributed by atoms with E-state index < -0.39 is 0 Å². The summed E-state index contributed by atoms with van der Waals surface area (Å²) in [5.41, 5.74) is 7.69. The van der Waals surface area contributed by atoms with Crippen LogP contribution in [-0.4, -0.2) is 29.0 Å². The quantitative estimate of drug-likeness (QED) is 0.889. The van der Waals surface area contributed by atoms with Gasteiger partial charge < -0.3 is 5.73 Å². The Bertz CT molecular complexity index is 331. The van der Waals surface area contributed by atoms with Crippen molar-refractivity contribution in [3.63, 3.8) is 0 Å². The fourth-order valence-electron chi connectivity index (χ4n) is 2.89. The molecule has 0 radical (unpaired) electrons. The van der Waals surface area contributed by atoms with Crippen LogP contribution in [0.3, 0.4) is 0 Å². The minimum atomic E-state index is 0.213. The van der Waals surface area contributed by atoms with E-state index >= 15 is 0 Å². The van der Waals surface area contributed by atoms with Gasteiger partial charge in [0.1, 0.15) is 0 Å². The van der Waals surface area contributed by atoms with Crippen molar-refractivity contribution in [1.82, 2.24) is 9.88 Å². The van der Waals surface area contributed by atoms with E-state index in [0.717, 1.165) is 6.42 Å². The van der Waals surface area contributed by atoms with Gasteiger partial charge in [0.05, 0.1) is 0 Å². The van der Waals surface area contributed by atoms with Gasteiger partial charge in [0, 0.05) is 24.5 Å². The third kappa shape index (κ3) is 3.30. The fraction of sp³-hybridized carbons (Fsp3) is 0.667. The minimum absolute atomic E-state index is 0.213. The Hall–Kier alpha value is -0.930. The summed E-state index contributed by atoms with van der Waals surface area (Å²) in [5, 5.41) is 0. The van der Waals surface area contributed by atoms with Crippen LogP contribution in [0.1, 0.15) is 50.6 Å². The molecule has 0 saturated carbocycles. The molecule has 2 atom stereocenters.